The van der Waals surface area contributed by atoms with Gasteiger partial charge in [0.1, 0.15) is 5.78 Å². The molecule has 0 heterocycles. The molecule has 1 aliphatic carbocycles. The summed E-state index contributed by atoms with van der Waals surface area (Å²) in [7, 11) is 0. The van der Waals surface area contributed by atoms with E-state index in [9.17, 15) is 4.79 Å². The zero-order chi connectivity index (χ0) is 7.78. The molecule has 10 heavy (non-hydrogen) atoms. The number of carbonyl (C=O) groups is 1. The lowest BCUT2D eigenvalue weighted by atomic mass is 9.81. The zero-order valence-electron chi connectivity index (χ0n) is 6.90. The topological polar surface area (TPSA) is 17.1 Å². The van der Waals surface area contributed by atoms with Crippen LogP contribution in [0, 0.1) is 5.41 Å². The van der Waals surface area contributed by atoms with Gasteiger partial charge in [-0.3, -0.25) is 4.79 Å². The molecule has 1 aliphatic rings. The van der Waals surface area contributed by atoms with Gasteiger partial charge in [-0.2, -0.15) is 0 Å². The molecule has 0 aromatic heterocycles. The third-order valence-corrected chi connectivity index (χ3v) is 2.74. The fraction of sp³-hybridized carbons (Fsp3) is 0.667. The Hall–Kier alpha value is -0.590. The summed E-state index contributed by atoms with van der Waals surface area (Å²) >= 11 is 0. The predicted octanol–water partition coefficient (Wildman–Crippen LogP) is 2.32. The molecule has 0 radical (unpaired) electrons. The molecule has 0 bridgehead atoms. The summed E-state index contributed by atoms with van der Waals surface area (Å²) in [6.07, 6.45) is 4.25. The normalized spacial score (nSPS) is 32.1. The van der Waals surface area contributed by atoms with Gasteiger partial charge in [-0.15, -0.1) is 0 Å². The summed E-state index contributed by atoms with van der Waals surface area (Å²) in [5, 5.41) is 0. The maximum atomic E-state index is 11.1. The van der Waals surface area contributed by atoms with Crippen molar-refractivity contribution in [2.24, 2.45) is 5.41 Å². The third-order valence-electron chi connectivity index (χ3n) is 2.74. The van der Waals surface area contributed by atoms with Gasteiger partial charge in [-0.1, -0.05) is 11.6 Å². The molecule has 0 spiro atoms. The predicted molar refractivity (Wildman–Crippen MR) is 41.8 cm³/mol. The second kappa shape index (κ2) is 2.22. The molecule has 0 aromatic carbocycles. The quantitative estimate of drug-likeness (QED) is 0.508. The lowest BCUT2D eigenvalue weighted by molar-refractivity contribution is -0.123. The van der Waals surface area contributed by atoms with E-state index in [1.807, 2.05) is 6.92 Å². The van der Waals surface area contributed by atoms with Crippen LogP contribution in [0.3, 0.4) is 0 Å². The van der Waals surface area contributed by atoms with Crippen LogP contribution in [0.1, 0.15) is 33.6 Å². The van der Waals surface area contributed by atoms with Gasteiger partial charge in [0, 0.05) is 5.41 Å². The Bertz CT molecular complexity index is 191. The summed E-state index contributed by atoms with van der Waals surface area (Å²) in [6.45, 7) is 5.77. The van der Waals surface area contributed by atoms with Crippen LogP contribution in [0.25, 0.3) is 0 Å². The van der Waals surface area contributed by atoms with Crippen molar-refractivity contribution in [2.45, 2.75) is 33.6 Å². The number of carbonyl (C=O) groups excluding carboxylic acids is 1. The lowest BCUT2D eigenvalue weighted by Gasteiger charge is -2.21. The van der Waals surface area contributed by atoms with Crippen LogP contribution >= 0.6 is 0 Å². The highest BCUT2D eigenvalue weighted by Crippen LogP contribution is 2.38. The van der Waals surface area contributed by atoms with Crippen LogP contribution < -0.4 is 0 Å². The molecule has 0 amide bonds. The molecular formula is C9H14O. The zero-order valence-corrected chi connectivity index (χ0v) is 6.90. The Morgan fingerprint density at radius 1 is 1.70 bits per heavy atom. The van der Waals surface area contributed by atoms with Gasteiger partial charge in [0.05, 0.1) is 0 Å². The molecule has 1 nitrogen and oxygen atoms in total. The van der Waals surface area contributed by atoms with Gasteiger partial charge in [0.15, 0.2) is 0 Å². The molecule has 1 heteroatoms. The number of Topliss-reactive ketones (excluding diaryl/α,β-unsaturated/α-hetero) is 1. The highest BCUT2D eigenvalue weighted by molar-refractivity contribution is 5.85. The van der Waals surface area contributed by atoms with E-state index in [-0.39, 0.29) is 5.41 Å². The monoisotopic (exact) mass is 138 g/mol. The van der Waals surface area contributed by atoms with Crippen LogP contribution in [0.2, 0.25) is 0 Å². The van der Waals surface area contributed by atoms with Gasteiger partial charge in [0.25, 0.3) is 0 Å². The molecule has 56 valence electrons. The van der Waals surface area contributed by atoms with E-state index in [4.69, 9.17) is 0 Å². The van der Waals surface area contributed by atoms with Crippen molar-refractivity contribution in [1.29, 1.82) is 0 Å². The first-order chi connectivity index (χ1) is 4.57. The first-order valence-electron chi connectivity index (χ1n) is 3.75. The fourth-order valence-corrected chi connectivity index (χ4v) is 1.45. The summed E-state index contributed by atoms with van der Waals surface area (Å²) in [5.41, 5.74) is 1.13. The molecule has 0 aliphatic heterocycles. The molecule has 1 unspecified atom stereocenters. The van der Waals surface area contributed by atoms with Crippen LogP contribution in [-0.4, -0.2) is 5.78 Å². The Morgan fingerprint density at radius 2 is 2.30 bits per heavy atom. The Labute approximate surface area is 62.1 Å². The number of allylic oxidation sites excluding steroid dienone is 2. The molecule has 0 saturated heterocycles. The molecule has 0 N–H and O–H groups in total. The van der Waals surface area contributed by atoms with Crippen molar-refractivity contribution in [3.8, 4) is 0 Å². The SMILES string of the molecule is CC(=O)C1(C)CCC=C1C. The Morgan fingerprint density at radius 3 is 2.50 bits per heavy atom. The van der Waals surface area contributed by atoms with Crippen molar-refractivity contribution in [2.75, 3.05) is 0 Å². The van der Waals surface area contributed by atoms with Crippen LogP contribution in [0.4, 0.5) is 0 Å². The largest absolute Gasteiger partial charge is 0.299 e. The first-order valence-corrected chi connectivity index (χ1v) is 3.75. The van der Waals surface area contributed by atoms with E-state index in [1.54, 1.807) is 6.92 Å². The minimum atomic E-state index is -0.125. The average Bonchev–Trinajstić information content (AvgIpc) is 2.15. The van der Waals surface area contributed by atoms with E-state index in [0.29, 0.717) is 5.78 Å². The van der Waals surface area contributed by atoms with E-state index < -0.39 is 0 Å². The van der Waals surface area contributed by atoms with Crippen molar-refractivity contribution in [3.63, 3.8) is 0 Å². The summed E-state index contributed by atoms with van der Waals surface area (Å²) in [6, 6.07) is 0. The molecule has 1 atom stereocenters. The molecule has 0 fully saturated rings. The van der Waals surface area contributed by atoms with Gasteiger partial charge >= 0.3 is 0 Å². The minimum absolute atomic E-state index is 0.125. The fourth-order valence-electron chi connectivity index (χ4n) is 1.45. The highest BCUT2D eigenvalue weighted by atomic mass is 16.1. The third kappa shape index (κ3) is 0.898. The van der Waals surface area contributed by atoms with Gasteiger partial charge in [-0.05, 0) is 33.6 Å². The second-order valence-corrected chi connectivity index (χ2v) is 3.31. The summed E-state index contributed by atoms with van der Waals surface area (Å²) < 4.78 is 0. The standard InChI is InChI=1S/C9H14O/c1-7-5-4-6-9(7,3)8(2)10/h5H,4,6H2,1-3H3. The van der Waals surface area contributed by atoms with E-state index >= 15 is 0 Å². The van der Waals surface area contributed by atoms with Crippen molar-refractivity contribution >= 4 is 5.78 Å². The number of rotatable bonds is 1. The molecule has 0 aromatic rings. The maximum absolute atomic E-state index is 11.1. The molecule has 0 saturated carbocycles. The average molecular weight is 138 g/mol. The summed E-state index contributed by atoms with van der Waals surface area (Å²) in [5.74, 6) is 0.304. The number of ketones is 1. The minimum Gasteiger partial charge on any atom is -0.299 e. The van der Waals surface area contributed by atoms with Gasteiger partial charge in [-0.25, -0.2) is 0 Å². The lowest BCUT2D eigenvalue weighted by Crippen LogP contribution is -2.23. The summed E-state index contributed by atoms with van der Waals surface area (Å²) in [4.78, 5) is 11.1. The smallest absolute Gasteiger partial charge is 0.139 e. The highest BCUT2D eigenvalue weighted by Gasteiger charge is 2.33. The Kier molecular flexibility index (Phi) is 1.67. The van der Waals surface area contributed by atoms with Gasteiger partial charge < -0.3 is 0 Å². The van der Waals surface area contributed by atoms with Crippen molar-refractivity contribution in [3.05, 3.63) is 11.6 Å². The first kappa shape index (κ1) is 7.52. The van der Waals surface area contributed by atoms with Gasteiger partial charge in [0.2, 0.25) is 0 Å². The number of hydrogen-bond donors (Lipinski definition) is 0. The van der Waals surface area contributed by atoms with Crippen LogP contribution in [-0.2, 0) is 4.79 Å². The van der Waals surface area contributed by atoms with Crippen molar-refractivity contribution in [1.82, 2.24) is 0 Å². The van der Waals surface area contributed by atoms with Crippen molar-refractivity contribution < 1.29 is 4.79 Å². The van der Waals surface area contributed by atoms with E-state index in [0.717, 1.165) is 12.8 Å². The van der Waals surface area contributed by atoms with Crippen LogP contribution in [0.15, 0.2) is 11.6 Å². The van der Waals surface area contributed by atoms with E-state index in [2.05, 4.69) is 13.0 Å². The number of hydrogen-bond acceptors (Lipinski definition) is 1. The maximum Gasteiger partial charge on any atom is 0.139 e. The van der Waals surface area contributed by atoms with Crippen LogP contribution in [0.5, 0.6) is 0 Å². The Balaban J connectivity index is 2.89. The molecular weight excluding hydrogens is 124 g/mol. The second-order valence-electron chi connectivity index (χ2n) is 3.31. The molecule has 1 rings (SSSR count). The van der Waals surface area contributed by atoms with E-state index in [1.165, 1.54) is 5.57 Å².